The largest absolute Gasteiger partial charge is 0.262 e. The molecule has 0 fully saturated rings. The van der Waals surface area contributed by atoms with Gasteiger partial charge in [-0.1, -0.05) is 11.6 Å². The minimum Gasteiger partial charge on any atom is -0.262 e. The van der Waals surface area contributed by atoms with Crippen LogP contribution in [-0.4, -0.2) is 19.7 Å². The van der Waals surface area contributed by atoms with Gasteiger partial charge in [0, 0.05) is 17.3 Å². The predicted molar refractivity (Wildman–Crippen MR) is 68.5 cm³/mol. The van der Waals surface area contributed by atoms with Crippen molar-refractivity contribution in [2.24, 2.45) is 0 Å². The van der Waals surface area contributed by atoms with Gasteiger partial charge in [0.2, 0.25) is 0 Å². The Morgan fingerprint density at radius 3 is 3.00 bits per heavy atom. The fourth-order valence-electron chi connectivity index (χ4n) is 1.63. The second-order valence-corrected chi connectivity index (χ2v) is 4.95. The Kier molecular flexibility index (Phi) is 2.57. The number of rotatable bonds is 2. The zero-order valence-corrected chi connectivity index (χ0v) is 10.7. The summed E-state index contributed by atoms with van der Waals surface area (Å²) in [7, 11) is 0. The van der Waals surface area contributed by atoms with Crippen molar-refractivity contribution in [3.05, 3.63) is 40.4 Å². The molecule has 0 aliphatic heterocycles. The molecule has 0 N–H and O–H groups in total. The molecular formula is C11H9ClN4S. The number of aryl methyl sites for hydroxylation is 1. The quantitative estimate of drug-likeness (QED) is 0.669. The summed E-state index contributed by atoms with van der Waals surface area (Å²) in [6.45, 7) is 2.55. The number of halogens is 1. The second-order valence-electron chi connectivity index (χ2n) is 3.70. The van der Waals surface area contributed by atoms with Crippen LogP contribution < -0.4 is 0 Å². The molecule has 4 nitrogen and oxygen atoms in total. The van der Waals surface area contributed by atoms with Gasteiger partial charge >= 0.3 is 0 Å². The fourth-order valence-corrected chi connectivity index (χ4v) is 2.72. The third kappa shape index (κ3) is 1.92. The molecule has 0 unspecified atom stereocenters. The first kappa shape index (κ1) is 10.7. The van der Waals surface area contributed by atoms with E-state index in [0.717, 1.165) is 15.9 Å². The molecule has 0 aliphatic rings. The molecule has 17 heavy (non-hydrogen) atoms. The van der Waals surface area contributed by atoms with Crippen LogP contribution in [0, 0.1) is 6.92 Å². The van der Waals surface area contributed by atoms with Gasteiger partial charge in [-0.05, 0) is 24.4 Å². The zero-order chi connectivity index (χ0) is 11.8. The molecule has 0 radical (unpaired) electrons. The summed E-state index contributed by atoms with van der Waals surface area (Å²) in [4.78, 5) is 9.68. The van der Waals surface area contributed by atoms with Crippen molar-refractivity contribution in [2.45, 2.75) is 13.5 Å². The topological polar surface area (TPSA) is 43.6 Å². The Morgan fingerprint density at radius 2 is 2.24 bits per heavy atom. The smallest absolute Gasteiger partial charge is 0.153 e. The van der Waals surface area contributed by atoms with Gasteiger partial charge in [0.25, 0.3) is 0 Å². The molecule has 3 aromatic rings. The van der Waals surface area contributed by atoms with Crippen LogP contribution in [0.15, 0.2) is 23.7 Å². The van der Waals surface area contributed by atoms with Crippen LogP contribution in [0.25, 0.3) is 10.2 Å². The molecule has 0 atom stereocenters. The van der Waals surface area contributed by atoms with Gasteiger partial charge in [-0.25, -0.2) is 9.97 Å². The van der Waals surface area contributed by atoms with Crippen molar-refractivity contribution in [3.8, 4) is 0 Å². The number of fused-ring (bicyclic) bond motifs is 1. The highest BCUT2D eigenvalue weighted by Crippen LogP contribution is 2.24. The Hall–Kier alpha value is -1.46. The summed E-state index contributed by atoms with van der Waals surface area (Å²) in [5, 5.41) is 7.60. The molecule has 3 rings (SSSR count). The number of hydrogen-bond donors (Lipinski definition) is 0. The molecule has 3 aromatic heterocycles. The lowest BCUT2D eigenvalue weighted by atomic mass is 10.4. The molecule has 86 valence electrons. The monoisotopic (exact) mass is 264 g/mol. The fraction of sp³-hybridized carbons (Fsp3) is 0.182. The maximum Gasteiger partial charge on any atom is 0.153 e. The van der Waals surface area contributed by atoms with E-state index in [9.17, 15) is 0 Å². The normalized spacial score (nSPS) is 11.2. The summed E-state index contributed by atoms with van der Waals surface area (Å²) >= 11 is 7.68. The lowest BCUT2D eigenvalue weighted by molar-refractivity contribution is 0.639. The Morgan fingerprint density at radius 1 is 1.35 bits per heavy atom. The van der Waals surface area contributed by atoms with Crippen molar-refractivity contribution < 1.29 is 0 Å². The molecule has 0 aliphatic carbocycles. The van der Waals surface area contributed by atoms with E-state index in [1.165, 1.54) is 0 Å². The van der Waals surface area contributed by atoms with Crippen molar-refractivity contribution in [1.82, 2.24) is 19.7 Å². The summed E-state index contributed by atoms with van der Waals surface area (Å²) < 4.78 is 1.85. The van der Waals surface area contributed by atoms with Crippen LogP contribution in [0.4, 0.5) is 0 Å². The van der Waals surface area contributed by atoms with Gasteiger partial charge in [-0.2, -0.15) is 5.10 Å². The number of hydrogen-bond acceptors (Lipinski definition) is 4. The molecule has 3 heterocycles. The van der Waals surface area contributed by atoms with Crippen LogP contribution in [0.2, 0.25) is 5.15 Å². The molecule has 0 amide bonds. The molecule has 0 saturated heterocycles. The van der Waals surface area contributed by atoms with Crippen LogP contribution >= 0.6 is 22.9 Å². The van der Waals surface area contributed by atoms with Crippen molar-refractivity contribution >= 4 is 33.2 Å². The van der Waals surface area contributed by atoms with E-state index in [0.29, 0.717) is 17.5 Å². The van der Waals surface area contributed by atoms with Crippen LogP contribution in [0.5, 0.6) is 0 Å². The van der Waals surface area contributed by atoms with Gasteiger partial charge in [-0.3, -0.25) is 4.68 Å². The average molecular weight is 265 g/mol. The average Bonchev–Trinajstić information content (AvgIpc) is 2.89. The van der Waals surface area contributed by atoms with Gasteiger partial charge in [0.05, 0.1) is 0 Å². The Bertz CT molecular complexity index is 673. The molecular weight excluding hydrogens is 256 g/mol. The lowest BCUT2D eigenvalue weighted by Crippen LogP contribution is -2.07. The first-order valence-corrected chi connectivity index (χ1v) is 6.38. The molecule has 6 heteroatoms. The van der Waals surface area contributed by atoms with Crippen LogP contribution in [-0.2, 0) is 6.54 Å². The zero-order valence-electron chi connectivity index (χ0n) is 9.09. The second kappa shape index (κ2) is 4.09. The van der Waals surface area contributed by atoms with E-state index in [1.54, 1.807) is 17.5 Å². The molecule has 0 aromatic carbocycles. The highest BCUT2D eigenvalue weighted by Gasteiger charge is 2.08. The minimum atomic E-state index is 0.510. The first-order valence-electron chi connectivity index (χ1n) is 5.12. The Balaban J connectivity index is 2.03. The highest BCUT2D eigenvalue weighted by molar-refractivity contribution is 7.16. The maximum atomic E-state index is 6.11. The van der Waals surface area contributed by atoms with Crippen LogP contribution in [0.1, 0.15) is 11.5 Å². The lowest BCUT2D eigenvalue weighted by Gasteiger charge is -2.04. The van der Waals surface area contributed by atoms with E-state index >= 15 is 0 Å². The van der Waals surface area contributed by atoms with E-state index in [2.05, 4.69) is 15.1 Å². The minimum absolute atomic E-state index is 0.510. The molecule has 0 bridgehead atoms. The number of nitrogens with zero attached hydrogens (tertiary/aromatic N) is 4. The van der Waals surface area contributed by atoms with E-state index in [1.807, 2.05) is 29.1 Å². The van der Waals surface area contributed by atoms with E-state index in [4.69, 9.17) is 11.6 Å². The standard InChI is InChI=1S/C11H9ClN4S/c1-7-2-4-13-16(7)6-9-14-10(12)8-3-5-17-11(8)15-9/h2-5H,6H2,1H3. The highest BCUT2D eigenvalue weighted by atomic mass is 35.5. The van der Waals surface area contributed by atoms with E-state index < -0.39 is 0 Å². The molecule has 0 spiro atoms. The SMILES string of the molecule is Cc1ccnn1Cc1nc(Cl)c2ccsc2n1. The maximum absolute atomic E-state index is 6.11. The third-order valence-corrected chi connectivity index (χ3v) is 3.64. The summed E-state index contributed by atoms with van der Waals surface area (Å²) in [5.74, 6) is 0.691. The van der Waals surface area contributed by atoms with Crippen molar-refractivity contribution in [2.75, 3.05) is 0 Å². The first-order chi connectivity index (χ1) is 8.24. The summed E-state index contributed by atoms with van der Waals surface area (Å²) in [6.07, 6.45) is 1.76. The van der Waals surface area contributed by atoms with Gasteiger partial charge in [-0.15, -0.1) is 11.3 Å². The van der Waals surface area contributed by atoms with Crippen molar-refractivity contribution in [3.63, 3.8) is 0 Å². The van der Waals surface area contributed by atoms with Gasteiger partial charge < -0.3 is 0 Å². The van der Waals surface area contributed by atoms with Gasteiger partial charge in [0.1, 0.15) is 16.5 Å². The van der Waals surface area contributed by atoms with Crippen molar-refractivity contribution in [1.29, 1.82) is 0 Å². The number of aromatic nitrogens is 4. The summed E-state index contributed by atoms with van der Waals surface area (Å²) in [6, 6.07) is 3.89. The van der Waals surface area contributed by atoms with Gasteiger partial charge in [0.15, 0.2) is 5.82 Å². The molecule has 0 saturated carbocycles. The Labute approximate surface area is 107 Å². The van der Waals surface area contributed by atoms with Crippen LogP contribution in [0.3, 0.4) is 0 Å². The van der Waals surface area contributed by atoms with E-state index in [-0.39, 0.29) is 0 Å². The predicted octanol–water partition coefficient (Wildman–Crippen LogP) is 2.90. The summed E-state index contributed by atoms with van der Waals surface area (Å²) in [5.41, 5.74) is 1.08. The third-order valence-electron chi connectivity index (χ3n) is 2.54. The number of thiophene rings is 1.